The lowest BCUT2D eigenvalue weighted by Crippen LogP contribution is -1.92. The fourth-order valence-electron chi connectivity index (χ4n) is 1.58. The van der Waals surface area contributed by atoms with Crippen LogP contribution >= 0.6 is 12.6 Å². The molecule has 2 aromatic carbocycles. The van der Waals surface area contributed by atoms with Gasteiger partial charge in [0.2, 0.25) is 0 Å². The number of nitrogens with two attached hydrogens (primary N) is 2. The summed E-state index contributed by atoms with van der Waals surface area (Å²) in [6.07, 6.45) is 0. The van der Waals surface area contributed by atoms with Gasteiger partial charge >= 0.3 is 0 Å². The molecule has 0 aromatic heterocycles. The van der Waals surface area contributed by atoms with Crippen LogP contribution in [0.4, 0.5) is 5.69 Å². The van der Waals surface area contributed by atoms with Crippen LogP contribution in [0.5, 0.6) is 5.75 Å². The van der Waals surface area contributed by atoms with Gasteiger partial charge < -0.3 is 26.2 Å². The van der Waals surface area contributed by atoms with Crippen LogP contribution in [-0.4, -0.2) is 32.6 Å². The Morgan fingerprint density at radius 1 is 1.24 bits per heavy atom. The van der Waals surface area contributed by atoms with Crippen molar-refractivity contribution in [3.05, 3.63) is 24.3 Å². The van der Waals surface area contributed by atoms with Gasteiger partial charge in [0, 0.05) is 22.6 Å². The number of hydrogen-bond acceptors (Lipinski definition) is 6. The lowest BCUT2D eigenvalue weighted by molar-refractivity contribution is 0.318. The smallest absolute Gasteiger partial charge is 0.186 e. The molecular weight excluding hydrogens is 312 g/mol. The van der Waals surface area contributed by atoms with Gasteiger partial charge in [-0.1, -0.05) is 0 Å². The zero-order valence-corrected chi connectivity index (χ0v) is 13.5. The second-order valence-corrected chi connectivity index (χ2v) is 5.13. The van der Waals surface area contributed by atoms with Crippen LogP contribution in [0.1, 0.15) is 6.92 Å². The minimum absolute atomic E-state index is 0.110. The van der Waals surface area contributed by atoms with Gasteiger partial charge in [0.1, 0.15) is 5.75 Å². The number of rotatable bonds is 1. The summed E-state index contributed by atoms with van der Waals surface area (Å²) in [5, 5.41) is 18.3. The number of aromatic hydroxyl groups is 1. The Labute approximate surface area is 131 Å². The highest BCUT2D eigenvalue weighted by Gasteiger charge is 2.10. The predicted octanol–water partition coefficient (Wildman–Crippen LogP) is 1.57. The van der Waals surface area contributed by atoms with E-state index >= 15 is 0 Å². The number of aliphatic hydroxyl groups is 1. The number of fused-ring (bicyclic) bond motifs is 1. The summed E-state index contributed by atoms with van der Waals surface area (Å²) in [6, 6.07) is 6.01. The first-order valence-corrected chi connectivity index (χ1v) is 7.50. The van der Waals surface area contributed by atoms with Crippen LogP contribution in [0.25, 0.3) is 10.8 Å². The average molecular weight is 332 g/mol. The maximum atomic E-state index is 10.9. The van der Waals surface area contributed by atoms with Gasteiger partial charge in [-0.3, -0.25) is 0 Å². The molecule has 1 unspecified atom stereocenters. The normalized spacial score (nSPS) is 11.0. The standard InChI is InChI=1S/C10H9NO3S2.C2H6O.CH5N/c11-8-3-6(15)1-5-2-7(16(13)14)4-9(12)10(5)8;1-2-3;1-2/h1-4,12,15H,11H2,(H,13,14);3H,2H2,1H3;2H2,1H3. The van der Waals surface area contributed by atoms with Crippen LogP contribution in [0, 0.1) is 0 Å². The van der Waals surface area contributed by atoms with Crippen molar-refractivity contribution >= 4 is 40.2 Å². The van der Waals surface area contributed by atoms with Crippen LogP contribution in [0.15, 0.2) is 34.1 Å². The highest BCUT2D eigenvalue weighted by molar-refractivity contribution is 7.80. The third kappa shape index (κ3) is 5.52. The number of aliphatic hydroxyl groups excluding tert-OH is 1. The minimum atomic E-state index is -2.13. The summed E-state index contributed by atoms with van der Waals surface area (Å²) in [7, 11) is 1.50. The number of hydrogen-bond donors (Lipinski definition) is 6. The molecule has 2 aromatic rings. The molecule has 7 N–H and O–H groups in total. The average Bonchev–Trinajstić information content (AvgIpc) is 2.40. The zero-order chi connectivity index (χ0) is 16.6. The second-order valence-electron chi connectivity index (χ2n) is 3.64. The topological polar surface area (TPSA) is 130 Å². The SMILES string of the molecule is CCO.CN.Nc1cc(S)cc2cc(S(=O)O)cc(O)c12. The molecule has 0 spiro atoms. The van der Waals surface area contributed by atoms with Crippen LogP contribution < -0.4 is 11.5 Å². The number of anilines is 1. The lowest BCUT2D eigenvalue weighted by Gasteiger charge is -2.07. The van der Waals surface area contributed by atoms with Gasteiger partial charge in [0.05, 0.1) is 4.90 Å². The highest BCUT2D eigenvalue weighted by atomic mass is 32.2. The summed E-state index contributed by atoms with van der Waals surface area (Å²) in [6.45, 7) is 1.93. The Morgan fingerprint density at radius 2 is 1.76 bits per heavy atom. The van der Waals surface area contributed by atoms with E-state index in [1.165, 1.54) is 19.2 Å². The molecule has 0 aliphatic carbocycles. The molecule has 0 saturated heterocycles. The van der Waals surface area contributed by atoms with Crippen molar-refractivity contribution in [1.82, 2.24) is 0 Å². The number of benzene rings is 2. The molecule has 0 fully saturated rings. The molecule has 0 aliphatic rings. The van der Waals surface area contributed by atoms with Gasteiger partial charge in [-0.05, 0) is 43.6 Å². The molecule has 0 bridgehead atoms. The molecule has 118 valence electrons. The molecule has 21 heavy (non-hydrogen) atoms. The van der Waals surface area contributed by atoms with Crippen molar-refractivity contribution in [2.45, 2.75) is 16.7 Å². The van der Waals surface area contributed by atoms with Gasteiger partial charge in [0.25, 0.3) is 0 Å². The van der Waals surface area contributed by atoms with Gasteiger partial charge in [0.15, 0.2) is 11.1 Å². The predicted molar refractivity (Wildman–Crippen MR) is 89.2 cm³/mol. The van der Waals surface area contributed by atoms with E-state index in [0.717, 1.165) is 0 Å². The van der Waals surface area contributed by atoms with E-state index in [0.29, 0.717) is 21.4 Å². The van der Waals surface area contributed by atoms with E-state index < -0.39 is 11.1 Å². The Balaban J connectivity index is 0.000000713. The number of phenolic OH excluding ortho intramolecular Hbond substituents is 1. The first-order chi connectivity index (χ1) is 9.90. The van der Waals surface area contributed by atoms with E-state index in [-0.39, 0.29) is 17.3 Å². The molecule has 6 nitrogen and oxygen atoms in total. The zero-order valence-electron chi connectivity index (χ0n) is 11.8. The van der Waals surface area contributed by atoms with Crippen molar-refractivity contribution in [3.8, 4) is 5.75 Å². The lowest BCUT2D eigenvalue weighted by atomic mass is 10.1. The van der Waals surface area contributed by atoms with E-state index in [9.17, 15) is 9.32 Å². The third-order valence-corrected chi connectivity index (χ3v) is 3.12. The maximum absolute atomic E-state index is 10.9. The number of nitrogen functional groups attached to an aromatic ring is 1. The van der Waals surface area contributed by atoms with Crippen molar-refractivity contribution < 1.29 is 19.0 Å². The number of phenols is 1. The van der Waals surface area contributed by atoms with Gasteiger partial charge in [-0.25, -0.2) is 4.21 Å². The van der Waals surface area contributed by atoms with E-state index in [4.69, 9.17) is 15.4 Å². The third-order valence-electron chi connectivity index (χ3n) is 2.22. The molecule has 2 rings (SSSR count). The summed E-state index contributed by atoms with van der Waals surface area (Å²) < 4.78 is 19.9. The minimum Gasteiger partial charge on any atom is -0.507 e. The van der Waals surface area contributed by atoms with Gasteiger partial charge in [-0.2, -0.15) is 0 Å². The monoisotopic (exact) mass is 332 g/mol. The highest BCUT2D eigenvalue weighted by Crippen LogP contribution is 2.34. The van der Waals surface area contributed by atoms with Crippen molar-refractivity contribution in [1.29, 1.82) is 0 Å². The van der Waals surface area contributed by atoms with Crippen molar-refractivity contribution in [3.63, 3.8) is 0 Å². The van der Waals surface area contributed by atoms with Gasteiger partial charge in [-0.15, -0.1) is 12.6 Å². The number of thiol groups is 1. The Bertz CT molecular complexity index is 621. The molecule has 0 radical (unpaired) electrons. The van der Waals surface area contributed by atoms with Crippen LogP contribution in [0.3, 0.4) is 0 Å². The summed E-state index contributed by atoms with van der Waals surface area (Å²) >= 11 is 2.02. The maximum Gasteiger partial charge on any atom is 0.186 e. The fraction of sp³-hybridized carbons (Fsp3) is 0.231. The molecule has 1 atom stereocenters. The van der Waals surface area contributed by atoms with Crippen molar-refractivity contribution in [2.75, 3.05) is 19.4 Å². The fourth-order valence-corrected chi connectivity index (χ4v) is 2.30. The Kier molecular flexibility index (Phi) is 8.98. The van der Waals surface area contributed by atoms with E-state index in [2.05, 4.69) is 18.4 Å². The molecule has 0 aliphatic heterocycles. The summed E-state index contributed by atoms with van der Waals surface area (Å²) in [5.41, 5.74) is 10.6. The first-order valence-electron chi connectivity index (χ1n) is 5.95. The Morgan fingerprint density at radius 3 is 2.24 bits per heavy atom. The van der Waals surface area contributed by atoms with Crippen LogP contribution in [-0.2, 0) is 11.1 Å². The van der Waals surface area contributed by atoms with E-state index in [1.54, 1.807) is 19.1 Å². The Hall–Kier alpha value is -1.32. The summed E-state index contributed by atoms with van der Waals surface area (Å²) in [4.78, 5) is 0.758. The largest absolute Gasteiger partial charge is 0.507 e. The molecule has 0 saturated carbocycles. The second kappa shape index (κ2) is 9.59. The summed E-state index contributed by atoms with van der Waals surface area (Å²) in [5.74, 6) is -0.110. The van der Waals surface area contributed by atoms with Crippen LogP contribution in [0.2, 0.25) is 0 Å². The quantitative estimate of drug-likeness (QED) is 0.267. The molecule has 0 amide bonds. The molecule has 0 heterocycles. The molecule has 8 heteroatoms. The first kappa shape index (κ1) is 19.7. The van der Waals surface area contributed by atoms with E-state index in [1.807, 2.05) is 0 Å². The van der Waals surface area contributed by atoms with Crippen molar-refractivity contribution in [2.24, 2.45) is 5.73 Å². The molecular formula is C13H20N2O4S2.